The SMILES string of the molecule is COC(=O)c1occc1-c1cccc(CNC(=O)c2ccc3c(c2)OCc2cnccc2-3)c1. The first-order valence-corrected chi connectivity index (χ1v) is 10.4. The minimum Gasteiger partial charge on any atom is -0.488 e. The Hall–Kier alpha value is -4.39. The molecule has 0 unspecified atom stereocenters. The van der Waals surface area contributed by atoms with Crippen LogP contribution in [0.2, 0.25) is 0 Å². The smallest absolute Gasteiger partial charge is 0.374 e. The molecule has 164 valence electrons. The number of nitrogens with one attached hydrogen (secondary N) is 1. The van der Waals surface area contributed by atoms with Crippen LogP contribution in [0.3, 0.4) is 0 Å². The third-order valence-corrected chi connectivity index (χ3v) is 5.55. The van der Waals surface area contributed by atoms with Crippen LogP contribution in [0.5, 0.6) is 5.75 Å². The molecule has 4 aromatic rings. The fourth-order valence-corrected chi connectivity index (χ4v) is 3.89. The fourth-order valence-electron chi connectivity index (χ4n) is 3.89. The molecule has 0 spiro atoms. The predicted molar refractivity (Wildman–Crippen MR) is 121 cm³/mol. The number of carbonyl (C=O) groups excluding carboxylic acids is 2. The van der Waals surface area contributed by atoms with Crippen LogP contribution in [0.15, 0.2) is 77.7 Å². The molecule has 2 aromatic carbocycles. The molecule has 33 heavy (non-hydrogen) atoms. The van der Waals surface area contributed by atoms with Crippen LogP contribution in [0.1, 0.15) is 32.0 Å². The van der Waals surface area contributed by atoms with Crippen LogP contribution in [0.25, 0.3) is 22.3 Å². The van der Waals surface area contributed by atoms with Crippen molar-refractivity contribution in [3.8, 4) is 28.0 Å². The third-order valence-electron chi connectivity index (χ3n) is 5.55. The molecular weight excluding hydrogens is 420 g/mol. The Kier molecular flexibility index (Phi) is 5.36. The van der Waals surface area contributed by atoms with Crippen molar-refractivity contribution in [2.24, 2.45) is 0 Å². The number of benzene rings is 2. The number of furan rings is 1. The highest BCUT2D eigenvalue weighted by Crippen LogP contribution is 2.37. The summed E-state index contributed by atoms with van der Waals surface area (Å²) in [6, 6.07) is 16.7. The van der Waals surface area contributed by atoms with Crippen molar-refractivity contribution in [2.45, 2.75) is 13.2 Å². The summed E-state index contributed by atoms with van der Waals surface area (Å²) >= 11 is 0. The molecule has 0 atom stereocenters. The highest BCUT2D eigenvalue weighted by atomic mass is 16.5. The number of hydrogen-bond donors (Lipinski definition) is 1. The number of pyridine rings is 1. The molecular formula is C26H20N2O5. The van der Waals surface area contributed by atoms with E-state index in [9.17, 15) is 9.59 Å². The van der Waals surface area contributed by atoms with E-state index >= 15 is 0 Å². The lowest BCUT2D eigenvalue weighted by Gasteiger charge is -2.20. The molecule has 0 radical (unpaired) electrons. The number of esters is 1. The zero-order valence-corrected chi connectivity index (χ0v) is 17.8. The van der Waals surface area contributed by atoms with Gasteiger partial charge < -0.3 is 19.2 Å². The monoisotopic (exact) mass is 440 g/mol. The Morgan fingerprint density at radius 2 is 1.97 bits per heavy atom. The van der Waals surface area contributed by atoms with Gasteiger partial charge in [0.2, 0.25) is 5.76 Å². The standard InChI is InChI=1S/C26H20N2O5/c1-31-26(30)24-21(8-10-32-24)17-4-2-3-16(11-17)13-28-25(29)18-5-6-22-20-7-9-27-14-19(20)15-33-23(22)12-18/h2-12,14H,13,15H2,1H3,(H,28,29). The number of carbonyl (C=O) groups is 2. The van der Waals surface area contributed by atoms with Gasteiger partial charge in [0.25, 0.3) is 5.91 Å². The van der Waals surface area contributed by atoms with Gasteiger partial charge in [0.1, 0.15) is 12.4 Å². The minimum absolute atomic E-state index is 0.144. The van der Waals surface area contributed by atoms with Gasteiger partial charge in [-0.1, -0.05) is 18.2 Å². The van der Waals surface area contributed by atoms with E-state index in [4.69, 9.17) is 13.9 Å². The second-order valence-electron chi connectivity index (χ2n) is 7.57. The van der Waals surface area contributed by atoms with Gasteiger partial charge in [-0.05, 0) is 53.1 Å². The van der Waals surface area contributed by atoms with Gasteiger partial charge in [0.15, 0.2) is 0 Å². The Bertz CT molecular complexity index is 1360. The van der Waals surface area contributed by atoms with Crippen LogP contribution in [-0.2, 0) is 17.9 Å². The number of nitrogens with zero attached hydrogens (tertiary/aromatic N) is 1. The Morgan fingerprint density at radius 3 is 2.85 bits per heavy atom. The molecule has 0 saturated carbocycles. The van der Waals surface area contributed by atoms with E-state index < -0.39 is 5.97 Å². The van der Waals surface area contributed by atoms with E-state index in [-0.39, 0.29) is 11.7 Å². The molecule has 0 aliphatic carbocycles. The Morgan fingerprint density at radius 1 is 1.06 bits per heavy atom. The van der Waals surface area contributed by atoms with E-state index in [1.165, 1.54) is 13.4 Å². The number of amides is 1. The largest absolute Gasteiger partial charge is 0.488 e. The van der Waals surface area contributed by atoms with E-state index in [1.807, 2.05) is 36.4 Å². The van der Waals surface area contributed by atoms with Gasteiger partial charge in [-0.2, -0.15) is 0 Å². The fraction of sp³-hybridized carbons (Fsp3) is 0.115. The number of fused-ring (bicyclic) bond motifs is 3. The zero-order valence-electron chi connectivity index (χ0n) is 17.8. The second-order valence-corrected chi connectivity index (χ2v) is 7.57. The molecule has 7 heteroatoms. The summed E-state index contributed by atoms with van der Waals surface area (Å²) in [6.45, 7) is 0.750. The zero-order chi connectivity index (χ0) is 22.8. The van der Waals surface area contributed by atoms with Crippen molar-refractivity contribution < 1.29 is 23.5 Å². The third kappa shape index (κ3) is 3.96. The lowest BCUT2D eigenvalue weighted by molar-refractivity contribution is 0.0566. The molecule has 5 rings (SSSR count). The lowest BCUT2D eigenvalue weighted by atomic mass is 9.97. The molecule has 7 nitrogen and oxygen atoms in total. The van der Waals surface area contributed by atoms with Gasteiger partial charge in [-0.25, -0.2) is 4.79 Å². The average Bonchev–Trinajstić information content (AvgIpc) is 3.36. The number of aromatic nitrogens is 1. The maximum atomic E-state index is 12.8. The molecule has 1 aliphatic rings. The van der Waals surface area contributed by atoms with Crippen molar-refractivity contribution in [1.29, 1.82) is 0 Å². The minimum atomic E-state index is -0.540. The number of rotatable bonds is 5. The summed E-state index contributed by atoms with van der Waals surface area (Å²) in [5.41, 5.74) is 5.88. The first-order chi connectivity index (χ1) is 16.1. The molecule has 0 fully saturated rings. The van der Waals surface area contributed by atoms with Crippen molar-refractivity contribution in [1.82, 2.24) is 10.3 Å². The van der Waals surface area contributed by atoms with E-state index in [1.54, 1.807) is 30.6 Å². The maximum Gasteiger partial charge on any atom is 0.374 e. The van der Waals surface area contributed by atoms with Gasteiger partial charge in [-0.3, -0.25) is 9.78 Å². The number of hydrogen-bond acceptors (Lipinski definition) is 6. The normalized spacial score (nSPS) is 11.7. The highest BCUT2D eigenvalue weighted by molar-refractivity contribution is 5.96. The van der Waals surface area contributed by atoms with Gasteiger partial charge in [0, 0.05) is 41.2 Å². The van der Waals surface area contributed by atoms with Crippen molar-refractivity contribution in [3.05, 3.63) is 95.7 Å². The summed E-state index contributed by atoms with van der Waals surface area (Å²) in [5, 5.41) is 2.94. The van der Waals surface area contributed by atoms with Crippen LogP contribution in [0, 0.1) is 0 Å². The quantitative estimate of drug-likeness (QED) is 0.456. The average molecular weight is 440 g/mol. The molecule has 1 N–H and O–H groups in total. The van der Waals surface area contributed by atoms with Crippen molar-refractivity contribution in [3.63, 3.8) is 0 Å². The molecule has 3 heterocycles. The van der Waals surface area contributed by atoms with Gasteiger partial charge in [-0.15, -0.1) is 0 Å². The summed E-state index contributed by atoms with van der Waals surface area (Å²) in [7, 11) is 1.31. The number of methoxy groups -OCH3 is 1. The van der Waals surface area contributed by atoms with Crippen LogP contribution in [-0.4, -0.2) is 24.0 Å². The predicted octanol–water partition coefficient (Wildman–Crippen LogP) is 4.62. The van der Waals surface area contributed by atoms with Gasteiger partial charge in [0.05, 0.1) is 13.4 Å². The topological polar surface area (TPSA) is 90.7 Å². The highest BCUT2D eigenvalue weighted by Gasteiger charge is 2.20. The van der Waals surface area contributed by atoms with E-state index in [0.717, 1.165) is 27.8 Å². The molecule has 1 aliphatic heterocycles. The molecule has 1 amide bonds. The molecule has 0 bridgehead atoms. The first-order valence-electron chi connectivity index (χ1n) is 10.4. The van der Waals surface area contributed by atoms with E-state index in [2.05, 4.69) is 10.3 Å². The lowest BCUT2D eigenvalue weighted by Crippen LogP contribution is -2.23. The maximum absolute atomic E-state index is 12.8. The molecule has 2 aromatic heterocycles. The summed E-state index contributed by atoms with van der Waals surface area (Å²) in [5.74, 6) is 0.0804. The molecule has 0 saturated heterocycles. The summed E-state index contributed by atoms with van der Waals surface area (Å²) < 4.78 is 15.9. The van der Waals surface area contributed by atoms with Crippen molar-refractivity contribution >= 4 is 11.9 Å². The summed E-state index contributed by atoms with van der Waals surface area (Å²) in [6.07, 6.45) is 4.99. The van der Waals surface area contributed by atoms with E-state index in [0.29, 0.717) is 30.0 Å². The van der Waals surface area contributed by atoms with Crippen LogP contribution < -0.4 is 10.1 Å². The van der Waals surface area contributed by atoms with Gasteiger partial charge >= 0.3 is 5.97 Å². The summed E-state index contributed by atoms with van der Waals surface area (Å²) in [4.78, 5) is 28.8. The van der Waals surface area contributed by atoms with Crippen LogP contribution in [0.4, 0.5) is 0 Å². The van der Waals surface area contributed by atoms with Crippen LogP contribution >= 0.6 is 0 Å². The first kappa shape index (κ1) is 20.5. The Labute approximate surface area is 190 Å². The number of ether oxygens (including phenoxy) is 2. The van der Waals surface area contributed by atoms with Crippen molar-refractivity contribution in [2.75, 3.05) is 7.11 Å². The second kappa shape index (κ2) is 8.63. The Balaban J connectivity index is 1.31.